The number of rotatable bonds is 6. The molecule has 2 atom stereocenters. The summed E-state index contributed by atoms with van der Waals surface area (Å²) >= 11 is 0. The van der Waals surface area contributed by atoms with Crippen LogP contribution in [0.4, 0.5) is 11.4 Å². The summed E-state index contributed by atoms with van der Waals surface area (Å²) in [6.07, 6.45) is 2.13. The maximum Gasteiger partial charge on any atom is 0.253 e. The van der Waals surface area contributed by atoms with E-state index in [2.05, 4.69) is 10.6 Å². The van der Waals surface area contributed by atoms with Crippen LogP contribution in [0, 0.1) is 12.8 Å². The van der Waals surface area contributed by atoms with Gasteiger partial charge in [-0.15, -0.1) is 0 Å². The second kappa shape index (κ2) is 9.31. The maximum atomic E-state index is 12.9. The maximum absolute atomic E-state index is 12.9. The molecule has 0 aromatic heterocycles. The number of anilines is 2. The molecule has 2 aliphatic rings. The predicted molar refractivity (Wildman–Crippen MR) is 118 cm³/mol. The molecular weight excluding hydrogens is 394 g/mol. The van der Waals surface area contributed by atoms with Crippen molar-refractivity contribution in [2.45, 2.75) is 32.3 Å². The van der Waals surface area contributed by atoms with Crippen molar-refractivity contribution in [3.8, 4) is 0 Å². The van der Waals surface area contributed by atoms with Gasteiger partial charge in [0.1, 0.15) is 0 Å². The Morgan fingerprint density at radius 3 is 2.68 bits per heavy atom. The number of carbonyl (C=O) groups is 3. The number of ether oxygens (including phenoxy) is 1. The minimum atomic E-state index is -0.477. The number of hydrogen-bond acceptors (Lipinski definition) is 4. The monoisotopic (exact) mass is 421 g/mol. The van der Waals surface area contributed by atoms with Crippen molar-refractivity contribution < 1.29 is 19.1 Å². The number of aryl methyl sites for hydroxylation is 1. The number of para-hydroxylation sites is 2. The molecule has 0 bridgehead atoms. The van der Waals surface area contributed by atoms with Crippen LogP contribution < -0.4 is 15.5 Å². The highest BCUT2D eigenvalue weighted by atomic mass is 16.5. The summed E-state index contributed by atoms with van der Waals surface area (Å²) in [6, 6.07) is 14.6. The smallest absolute Gasteiger partial charge is 0.253 e. The van der Waals surface area contributed by atoms with Crippen LogP contribution in [0.1, 0.15) is 35.2 Å². The van der Waals surface area contributed by atoms with Crippen molar-refractivity contribution >= 4 is 29.1 Å². The fraction of sp³-hybridized carbons (Fsp3) is 0.375. The van der Waals surface area contributed by atoms with Crippen LogP contribution in [0.15, 0.2) is 48.5 Å². The molecule has 0 spiro atoms. The molecule has 2 N–H and O–H groups in total. The fourth-order valence-corrected chi connectivity index (χ4v) is 4.11. The summed E-state index contributed by atoms with van der Waals surface area (Å²) in [5.41, 5.74) is 2.66. The average molecular weight is 421 g/mol. The van der Waals surface area contributed by atoms with Gasteiger partial charge in [0.15, 0.2) is 0 Å². The van der Waals surface area contributed by atoms with Crippen molar-refractivity contribution in [2.75, 3.05) is 29.9 Å². The number of amides is 3. The van der Waals surface area contributed by atoms with Crippen LogP contribution in [0.3, 0.4) is 0 Å². The first-order chi connectivity index (χ1) is 15.0. The molecule has 2 heterocycles. The van der Waals surface area contributed by atoms with Crippen molar-refractivity contribution in [1.29, 1.82) is 0 Å². The predicted octanol–water partition coefficient (Wildman–Crippen LogP) is 2.90. The lowest BCUT2D eigenvalue weighted by Gasteiger charge is -2.19. The van der Waals surface area contributed by atoms with Gasteiger partial charge in [0.05, 0.1) is 23.3 Å². The number of hydrogen-bond donors (Lipinski definition) is 2. The topological polar surface area (TPSA) is 87.7 Å². The molecule has 7 heteroatoms. The van der Waals surface area contributed by atoms with E-state index in [1.54, 1.807) is 29.2 Å². The lowest BCUT2D eigenvalue weighted by atomic mass is 10.1. The van der Waals surface area contributed by atoms with Crippen LogP contribution in [-0.2, 0) is 14.3 Å². The molecule has 2 aromatic carbocycles. The van der Waals surface area contributed by atoms with Gasteiger partial charge in [0.25, 0.3) is 5.91 Å². The van der Waals surface area contributed by atoms with E-state index in [9.17, 15) is 14.4 Å². The zero-order chi connectivity index (χ0) is 21.8. The third-order valence-electron chi connectivity index (χ3n) is 5.85. The van der Waals surface area contributed by atoms with E-state index in [1.807, 2.05) is 31.2 Å². The zero-order valence-electron chi connectivity index (χ0n) is 17.6. The SMILES string of the molecule is Cc1ccccc1N1C[C@@H](C(=O)Nc2ccccc2C(=O)NC[C@@H]2CCCO2)CC1=O. The van der Waals surface area contributed by atoms with Crippen molar-refractivity contribution in [1.82, 2.24) is 5.32 Å². The van der Waals surface area contributed by atoms with Gasteiger partial charge in [0.2, 0.25) is 11.8 Å². The molecule has 4 rings (SSSR count). The third-order valence-corrected chi connectivity index (χ3v) is 5.85. The summed E-state index contributed by atoms with van der Waals surface area (Å²) in [5.74, 6) is -1.06. The van der Waals surface area contributed by atoms with E-state index in [4.69, 9.17) is 4.74 Å². The van der Waals surface area contributed by atoms with E-state index in [1.165, 1.54) is 0 Å². The minimum Gasteiger partial charge on any atom is -0.376 e. The summed E-state index contributed by atoms with van der Waals surface area (Å²) in [4.78, 5) is 39.8. The van der Waals surface area contributed by atoms with Crippen molar-refractivity contribution in [3.63, 3.8) is 0 Å². The Hall–Kier alpha value is -3.19. The molecule has 0 unspecified atom stereocenters. The molecule has 2 fully saturated rings. The summed E-state index contributed by atoms with van der Waals surface area (Å²) in [6.45, 7) is 3.45. The fourth-order valence-electron chi connectivity index (χ4n) is 4.11. The van der Waals surface area contributed by atoms with Crippen LogP contribution in [-0.4, -0.2) is 43.5 Å². The number of carbonyl (C=O) groups excluding carboxylic acids is 3. The average Bonchev–Trinajstić information content (AvgIpc) is 3.42. The highest BCUT2D eigenvalue weighted by Gasteiger charge is 2.36. The Morgan fingerprint density at radius 2 is 1.90 bits per heavy atom. The number of nitrogens with one attached hydrogen (secondary N) is 2. The normalized spacial score (nSPS) is 20.7. The number of nitrogens with zero attached hydrogens (tertiary/aromatic N) is 1. The number of benzene rings is 2. The van der Waals surface area contributed by atoms with E-state index >= 15 is 0 Å². The highest BCUT2D eigenvalue weighted by Crippen LogP contribution is 2.28. The first kappa shape index (κ1) is 21.1. The Labute approximate surface area is 181 Å². The summed E-state index contributed by atoms with van der Waals surface area (Å²) in [7, 11) is 0. The second-order valence-corrected chi connectivity index (χ2v) is 8.07. The summed E-state index contributed by atoms with van der Waals surface area (Å²) in [5, 5.41) is 5.75. The van der Waals surface area contributed by atoms with E-state index in [-0.39, 0.29) is 30.2 Å². The van der Waals surface area contributed by atoms with Crippen LogP contribution in [0.5, 0.6) is 0 Å². The van der Waals surface area contributed by atoms with Gasteiger partial charge in [-0.1, -0.05) is 30.3 Å². The second-order valence-electron chi connectivity index (χ2n) is 8.07. The molecular formula is C24H27N3O4. The van der Waals surface area contributed by atoms with Gasteiger partial charge < -0.3 is 20.3 Å². The molecule has 162 valence electrons. The van der Waals surface area contributed by atoms with E-state index < -0.39 is 5.92 Å². The van der Waals surface area contributed by atoms with Crippen LogP contribution >= 0.6 is 0 Å². The van der Waals surface area contributed by atoms with Crippen LogP contribution in [0.2, 0.25) is 0 Å². The van der Waals surface area contributed by atoms with Gasteiger partial charge in [-0.05, 0) is 43.5 Å². The van der Waals surface area contributed by atoms with Crippen molar-refractivity contribution in [3.05, 3.63) is 59.7 Å². The molecule has 2 saturated heterocycles. The Balaban J connectivity index is 1.41. The van der Waals surface area contributed by atoms with Gasteiger partial charge >= 0.3 is 0 Å². The van der Waals surface area contributed by atoms with E-state index in [0.29, 0.717) is 24.3 Å². The van der Waals surface area contributed by atoms with Gasteiger partial charge in [-0.2, -0.15) is 0 Å². The quantitative estimate of drug-likeness (QED) is 0.751. The van der Waals surface area contributed by atoms with Crippen molar-refractivity contribution in [2.24, 2.45) is 5.92 Å². The van der Waals surface area contributed by atoms with Gasteiger partial charge in [-0.25, -0.2) is 0 Å². The zero-order valence-corrected chi connectivity index (χ0v) is 17.6. The van der Waals surface area contributed by atoms with E-state index in [0.717, 1.165) is 30.7 Å². The minimum absolute atomic E-state index is 0.0441. The Morgan fingerprint density at radius 1 is 1.13 bits per heavy atom. The highest BCUT2D eigenvalue weighted by molar-refractivity contribution is 6.07. The lowest BCUT2D eigenvalue weighted by Crippen LogP contribution is -2.33. The molecule has 0 saturated carbocycles. The third kappa shape index (κ3) is 4.77. The molecule has 3 amide bonds. The Bertz CT molecular complexity index is 984. The molecule has 7 nitrogen and oxygen atoms in total. The molecule has 0 radical (unpaired) electrons. The van der Waals surface area contributed by atoms with Gasteiger partial charge in [0, 0.05) is 31.8 Å². The molecule has 0 aliphatic carbocycles. The molecule has 2 aliphatic heterocycles. The first-order valence-electron chi connectivity index (χ1n) is 10.7. The standard InChI is InChI=1S/C24H27N3O4/c1-16-7-2-5-11-21(16)27-15-17(13-22(27)28)23(29)26-20-10-4-3-9-19(20)24(30)25-14-18-8-6-12-31-18/h2-5,7,9-11,17-18H,6,8,12-15H2,1H3,(H,25,30)(H,26,29)/t17-,18-/m0/s1. The summed E-state index contributed by atoms with van der Waals surface area (Å²) < 4.78 is 5.55. The largest absolute Gasteiger partial charge is 0.376 e. The molecule has 31 heavy (non-hydrogen) atoms. The molecule has 2 aromatic rings. The Kier molecular flexibility index (Phi) is 6.32. The van der Waals surface area contributed by atoms with Gasteiger partial charge in [-0.3, -0.25) is 14.4 Å². The first-order valence-corrected chi connectivity index (χ1v) is 10.7. The lowest BCUT2D eigenvalue weighted by molar-refractivity contribution is -0.122. The van der Waals surface area contributed by atoms with Crippen LogP contribution in [0.25, 0.3) is 0 Å².